The first-order valence-corrected chi connectivity index (χ1v) is 5.91. The second-order valence-corrected chi connectivity index (χ2v) is 4.50. The Bertz CT molecular complexity index is 483. The molecule has 0 aliphatic heterocycles. The average molecular weight is 237 g/mol. The van der Waals surface area contributed by atoms with E-state index in [4.69, 9.17) is 5.11 Å². The van der Waals surface area contributed by atoms with E-state index in [-0.39, 0.29) is 18.3 Å². The molecule has 0 bridgehead atoms. The lowest BCUT2D eigenvalue weighted by Crippen LogP contribution is -1.98. The molecule has 1 N–H and O–H groups in total. The van der Waals surface area contributed by atoms with Gasteiger partial charge < -0.3 is 5.11 Å². The van der Waals surface area contributed by atoms with Crippen LogP contribution >= 0.6 is 11.3 Å². The molecule has 0 spiro atoms. The fourth-order valence-electron chi connectivity index (χ4n) is 1.36. The van der Waals surface area contributed by atoms with Crippen LogP contribution in [0.1, 0.15) is 18.5 Å². The summed E-state index contributed by atoms with van der Waals surface area (Å²) >= 11 is 1.40. The molecule has 2 nitrogen and oxygen atoms in total. The quantitative estimate of drug-likeness (QED) is 0.890. The smallest absolute Gasteiger partial charge is 0.133 e. The molecule has 0 radical (unpaired) electrons. The fraction of sp³-hybridized carbons (Fsp3) is 0.250. The topological polar surface area (TPSA) is 33.1 Å². The van der Waals surface area contributed by atoms with Crippen LogP contribution in [0.25, 0.3) is 10.6 Å². The lowest BCUT2D eigenvalue weighted by molar-refractivity contribution is 0.271. The highest BCUT2D eigenvalue weighted by Crippen LogP contribution is 2.28. The molecule has 0 saturated carbocycles. The Morgan fingerprint density at radius 3 is 2.88 bits per heavy atom. The third-order valence-corrected chi connectivity index (χ3v) is 3.30. The highest BCUT2D eigenvalue weighted by atomic mass is 32.1. The highest BCUT2D eigenvalue weighted by Gasteiger charge is 2.12. The van der Waals surface area contributed by atoms with E-state index in [2.05, 4.69) is 4.98 Å². The molecule has 2 aromatic rings. The Kier molecular flexibility index (Phi) is 3.31. The lowest BCUT2D eigenvalue weighted by Gasteiger charge is -2.02. The van der Waals surface area contributed by atoms with E-state index in [0.717, 1.165) is 5.69 Å². The molecule has 0 fully saturated rings. The summed E-state index contributed by atoms with van der Waals surface area (Å²) in [6.45, 7) is 1.95. The predicted octanol–water partition coefficient (Wildman–Crippen LogP) is 3.05. The van der Waals surface area contributed by atoms with Gasteiger partial charge in [-0.1, -0.05) is 19.1 Å². The zero-order chi connectivity index (χ0) is 11.5. The molecule has 4 heteroatoms. The van der Waals surface area contributed by atoms with E-state index in [1.807, 2.05) is 12.3 Å². The van der Waals surface area contributed by atoms with Gasteiger partial charge in [0.05, 0.1) is 12.3 Å². The number of halogens is 1. The van der Waals surface area contributed by atoms with Crippen LogP contribution in [-0.2, 0) is 0 Å². The molecule has 84 valence electrons. The third-order valence-electron chi connectivity index (χ3n) is 2.40. The van der Waals surface area contributed by atoms with Crippen molar-refractivity contribution in [2.24, 2.45) is 0 Å². The molecule has 0 aliphatic rings. The van der Waals surface area contributed by atoms with Crippen LogP contribution in [0.3, 0.4) is 0 Å². The number of aliphatic hydroxyl groups excluding tert-OH is 1. The van der Waals surface area contributed by atoms with E-state index >= 15 is 0 Å². The maximum atomic E-state index is 13.5. The van der Waals surface area contributed by atoms with Crippen LogP contribution in [0.5, 0.6) is 0 Å². The number of rotatable bonds is 3. The van der Waals surface area contributed by atoms with Crippen molar-refractivity contribution < 1.29 is 9.50 Å². The maximum Gasteiger partial charge on any atom is 0.133 e. The first-order valence-electron chi connectivity index (χ1n) is 5.03. The number of benzene rings is 1. The summed E-state index contributed by atoms with van der Waals surface area (Å²) in [5.74, 6) is -0.267. The van der Waals surface area contributed by atoms with E-state index in [0.29, 0.717) is 10.6 Å². The summed E-state index contributed by atoms with van der Waals surface area (Å²) in [7, 11) is 0. The summed E-state index contributed by atoms with van der Waals surface area (Å²) in [4.78, 5) is 4.33. The van der Waals surface area contributed by atoms with Crippen LogP contribution in [-0.4, -0.2) is 16.7 Å². The number of nitrogens with zero attached hydrogens (tertiary/aromatic N) is 1. The van der Waals surface area contributed by atoms with Crippen LogP contribution in [0.2, 0.25) is 0 Å². The standard InChI is InChI=1S/C12H12FNOS/c1-8(6-15)11-7-16-12(14-11)9-4-2-3-5-10(9)13/h2-5,7-8,15H,6H2,1H3. The third kappa shape index (κ3) is 2.13. The number of aromatic nitrogens is 1. The SMILES string of the molecule is CC(CO)c1csc(-c2ccccc2F)n1. The first-order chi connectivity index (χ1) is 7.72. The van der Waals surface area contributed by atoms with E-state index in [1.54, 1.807) is 18.2 Å². The zero-order valence-electron chi connectivity index (χ0n) is 8.85. The van der Waals surface area contributed by atoms with E-state index in [1.165, 1.54) is 17.4 Å². The van der Waals surface area contributed by atoms with Crippen LogP contribution < -0.4 is 0 Å². The molecule has 16 heavy (non-hydrogen) atoms. The molecular formula is C12H12FNOS. The molecule has 0 aliphatic carbocycles. The van der Waals surface area contributed by atoms with Crippen LogP contribution in [0, 0.1) is 5.82 Å². The van der Waals surface area contributed by atoms with Crippen molar-refractivity contribution in [3.8, 4) is 10.6 Å². The Morgan fingerprint density at radius 2 is 2.19 bits per heavy atom. The Labute approximate surface area is 97.4 Å². The largest absolute Gasteiger partial charge is 0.396 e. The van der Waals surface area contributed by atoms with E-state index < -0.39 is 0 Å². The van der Waals surface area contributed by atoms with Gasteiger partial charge in [0, 0.05) is 16.9 Å². The monoisotopic (exact) mass is 237 g/mol. The van der Waals surface area contributed by atoms with Gasteiger partial charge in [-0.25, -0.2) is 9.37 Å². The second-order valence-electron chi connectivity index (χ2n) is 3.64. The number of hydrogen-bond acceptors (Lipinski definition) is 3. The van der Waals surface area contributed by atoms with Crippen molar-refractivity contribution in [2.45, 2.75) is 12.8 Å². The van der Waals surface area contributed by atoms with Gasteiger partial charge in [-0.15, -0.1) is 11.3 Å². The summed E-state index contributed by atoms with van der Waals surface area (Å²) < 4.78 is 13.5. The van der Waals surface area contributed by atoms with Gasteiger partial charge in [-0.2, -0.15) is 0 Å². The summed E-state index contributed by atoms with van der Waals surface area (Å²) in [5.41, 5.74) is 1.33. The maximum absolute atomic E-state index is 13.5. The summed E-state index contributed by atoms with van der Waals surface area (Å²) in [6, 6.07) is 6.58. The molecule has 1 atom stereocenters. The van der Waals surface area contributed by atoms with Gasteiger partial charge in [0.1, 0.15) is 10.8 Å². The van der Waals surface area contributed by atoms with Crippen LogP contribution in [0.15, 0.2) is 29.6 Å². The van der Waals surface area contributed by atoms with Crippen LogP contribution in [0.4, 0.5) is 4.39 Å². The van der Waals surface area contributed by atoms with Crippen molar-refractivity contribution in [1.82, 2.24) is 4.98 Å². The Morgan fingerprint density at radius 1 is 1.44 bits per heavy atom. The van der Waals surface area contributed by atoms with Crippen molar-refractivity contribution in [1.29, 1.82) is 0 Å². The summed E-state index contributed by atoms with van der Waals surface area (Å²) in [5, 5.41) is 11.5. The first kappa shape index (κ1) is 11.2. The van der Waals surface area contributed by atoms with Crippen molar-refractivity contribution >= 4 is 11.3 Å². The minimum absolute atomic E-state index is 0.00299. The average Bonchev–Trinajstić information content (AvgIpc) is 2.78. The Balaban J connectivity index is 2.35. The minimum Gasteiger partial charge on any atom is -0.396 e. The van der Waals surface area contributed by atoms with Gasteiger partial charge in [-0.3, -0.25) is 0 Å². The minimum atomic E-state index is -0.264. The highest BCUT2D eigenvalue weighted by molar-refractivity contribution is 7.13. The normalized spacial score (nSPS) is 12.7. The molecule has 0 amide bonds. The van der Waals surface area contributed by atoms with Gasteiger partial charge in [0.15, 0.2) is 0 Å². The second kappa shape index (κ2) is 4.72. The van der Waals surface area contributed by atoms with Crippen molar-refractivity contribution in [3.63, 3.8) is 0 Å². The molecule has 2 rings (SSSR count). The van der Waals surface area contributed by atoms with Crippen molar-refractivity contribution in [2.75, 3.05) is 6.61 Å². The molecular weight excluding hydrogens is 225 g/mol. The molecule has 1 aromatic carbocycles. The zero-order valence-corrected chi connectivity index (χ0v) is 9.67. The van der Waals surface area contributed by atoms with Gasteiger partial charge >= 0.3 is 0 Å². The Hall–Kier alpha value is -1.26. The lowest BCUT2D eigenvalue weighted by atomic mass is 10.1. The summed E-state index contributed by atoms with van der Waals surface area (Å²) in [6.07, 6.45) is 0. The van der Waals surface area contributed by atoms with Gasteiger partial charge in [-0.05, 0) is 12.1 Å². The van der Waals surface area contributed by atoms with E-state index in [9.17, 15) is 4.39 Å². The molecule has 0 saturated heterocycles. The fourth-order valence-corrected chi connectivity index (χ4v) is 2.33. The number of thiazole rings is 1. The van der Waals surface area contributed by atoms with Gasteiger partial charge in [0.25, 0.3) is 0 Å². The molecule has 1 heterocycles. The molecule has 1 unspecified atom stereocenters. The van der Waals surface area contributed by atoms with Gasteiger partial charge in [0.2, 0.25) is 0 Å². The number of aliphatic hydroxyl groups is 1. The molecule has 1 aromatic heterocycles. The predicted molar refractivity (Wildman–Crippen MR) is 63.0 cm³/mol. The number of hydrogen-bond donors (Lipinski definition) is 1. The van der Waals surface area contributed by atoms with Crippen molar-refractivity contribution in [3.05, 3.63) is 41.2 Å².